The highest BCUT2D eigenvalue weighted by Crippen LogP contribution is 2.57. The summed E-state index contributed by atoms with van der Waals surface area (Å²) in [6, 6.07) is 17.9. The zero-order chi connectivity index (χ0) is 51.3. The number of carbonyl (C=O) groups excluding carboxylic acids is 5. The van der Waals surface area contributed by atoms with Crippen LogP contribution in [0.2, 0.25) is 10.0 Å². The van der Waals surface area contributed by atoms with E-state index in [1.54, 1.807) is 46.2 Å². The summed E-state index contributed by atoms with van der Waals surface area (Å²) in [4.78, 5) is 73.3. The van der Waals surface area contributed by atoms with E-state index in [-0.39, 0.29) is 85.8 Å². The van der Waals surface area contributed by atoms with Crippen molar-refractivity contribution >= 4 is 64.1 Å². The second kappa shape index (κ2) is 18.3. The largest absolute Gasteiger partial charge is 0.489 e. The number of rotatable bonds is 6. The molecular weight excluding hydrogens is 971 g/mol. The predicted molar refractivity (Wildman–Crippen MR) is 275 cm³/mol. The van der Waals surface area contributed by atoms with E-state index in [0.717, 1.165) is 33.5 Å². The number of hydrogen-bond donors (Lipinski definition) is 3. The molecule has 73 heavy (non-hydrogen) atoms. The summed E-state index contributed by atoms with van der Waals surface area (Å²) in [5, 5.41) is 10.3. The number of imide groups is 1. The van der Waals surface area contributed by atoms with E-state index >= 15 is 9.18 Å². The molecule has 1 spiro atoms. The molecule has 1 unspecified atom stereocenters. The second-order valence-electron chi connectivity index (χ2n) is 22.2. The molecule has 378 valence electrons. The number of fused-ring (bicyclic) bond motifs is 6. The smallest absolute Gasteiger partial charge is 0.255 e. The van der Waals surface area contributed by atoms with Gasteiger partial charge in [-0.1, -0.05) is 80.1 Å². The average molecular weight is 1030 g/mol. The van der Waals surface area contributed by atoms with Gasteiger partial charge in [0.25, 0.3) is 11.8 Å². The lowest BCUT2D eigenvalue weighted by Gasteiger charge is -2.40. The van der Waals surface area contributed by atoms with Crippen molar-refractivity contribution in [2.24, 2.45) is 5.41 Å². The van der Waals surface area contributed by atoms with Gasteiger partial charge in [-0.05, 0) is 103 Å². The van der Waals surface area contributed by atoms with Crippen LogP contribution in [0, 0.1) is 23.1 Å². The van der Waals surface area contributed by atoms with Gasteiger partial charge in [0.05, 0.1) is 35.5 Å². The van der Waals surface area contributed by atoms with Crippen LogP contribution in [0.1, 0.15) is 115 Å². The van der Waals surface area contributed by atoms with Crippen molar-refractivity contribution in [2.75, 3.05) is 49.6 Å². The van der Waals surface area contributed by atoms with Crippen LogP contribution in [0.15, 0.2) is 77.9 Å². The van der Waals surface area contributed by atoms with Gasteiger partial charge in [0.2, 0.25) is 17.7 Å². The highest BCUT2D eigenvalue weighted by atomic mass is 35.5. The Morgan fingerprint density at radius 3 is 2.52 bits per heavy atom. The van der Waals surface area contributed by atoms with Gasteiger partial charge >= 0.3 is 0 Å². The first-order chi connectivity index (χ1) is 34.8. The Bertz CT molecular complexity index is 3160. The van der Waals surface area contributed by atoms with Gasteiger partial charge in [-0.3, -0.25) is 29.3 Å². The van der Waals surface area contributed by atoms with E-state index in [2.05, 4.69) is 48.6 Å². The standard InChI is InChI=1S/C57H57Cl2FN6O7/c1-55(2,3)26-45-57(30-61-42-24-34(58)14-16-40(42)57)47(38-10-7-11-41(59)48(38)60)49(62-45)54(71)65-22-23-72-50-35-20-21-64(52(69)37(35)15-17-43(50)65)27-33-29-73-56(4,5)25-32(33)13-12-31-8-6-9-36-39(31)28-66(53(36)70)44-18-19-46(67)63-51(44)68/h6-11,14-17,24,44-45,47,49,61-62H,18-23,25-30H2,1-5H3,(H,63,67,68)/t44?,45-,47-,49+,57-/m0/s1. The summed E-state index contributed by atoms with van der Waals surface area (Å²) in [5.74, 6) is 4.54. The van der Waals surface area contributed by atoms with E-state index < -0.39 is 40.7 Å². The first-order valence-electron chi connectivity index (χ1n) is 25.1. The Kier molecular flexibility index (Phi) is 12.3. The molecule has 5 atom stereocenters. The second-order valence-corrected chi connectivity index (χ2v) is 23.1. The van der Waals surface area contributed by atoms with Crippen LogP contribution in [-0.2, 0) is 37.5 Å². The molecule has 0 radical (unpaired) electrons. The molecule has 3 N–H and O–H groups in total. The topological polar surface area (TPSA) is 150 Å². The maximum absolute atomic E-state index is 16.6. The molecule has 0 bridgehead atoms. The Balaban J connectivity index is 0.882. The first kappa shape index (κ1) is 49.0. The number of halogens is 3. The van der Waals surface area contributed by atoms with Gasteiger partial charge < -0.3 is 34.8 Å². The van der Waals surface area contributed by atoms with Crippen molar-refractivity contribution in [2.45, 2.75) is 108 Å². The number of benzene rings is 4. The van der Waals surface area contributed by atoms with Crippen molar-refractivity contribution in [3.8, 4) is 17.6 Å². The molecule has 13 nitrogen and oxygen atoms in total. The summed E-state index contributed by atoms with van der Waals surface area (Å²) in [6.07, 6.45) is 2.09. The lowest BCUT2D eigenvalue weighted by atomic mass is 9.63. The molecule has 0 saturated carbocycles. The van der Waals surface area contributed by atoms with E-state index in [9.17, 15) is 19.2 Å². The molecular formula is C57H57Cl2FN6O7. The molecule has 0 aliphatic carbocycles. The van der Waals surface area contributed by atoms with Gasteiger partial charge in [0.15, 0.2) is 0 Å². The third-order valence-corrected chi connectivity index (χ3v) is 16.4. The fourth-order valence-electron chi connectivity index (χ4n) is 12.4. The number of nitrogens with one attached hydrogen (secondary N) is 3. The van der Waals surface area contributed by atoms with Crippen LogP contribution >= 0.6 is 23.2 Å². The van der Waals surface area contributed by atoms with Crippen LogP contribution in [-0.4, -0.2) is 102 Å². The molecule has 5 amide bonds. The van der Waals surface area contributed by atoms with Crippen molar-refractivity contribution in [1.82, 2.24) is 20.4 Å². The summed E-state index contributed by atoms with van der Waals surface area (Å²) in [7, 11) is 0. The molecule has 11 rings (SSSR count). The molecule has 7 heterocycles. The van der Waals surface area contributed by atoms with Gasteiger partial charge in [-0.15, -0.1) is 0 Å². The number of carbonyl (C=O) groups is 5. The number of nitrogens with zero attached hydrogens (tertiary/aromatic N) is 3. The minimum atomic E-state index is -0.867. The van der Waals surface area contributed by atoms with E-state index in [1.165, 1.54) is 11.0 Å². The maximum atomic E-state index is 16.6. The van der Waals surface area contributed by atoms with Crippen molar-refractivity contribution in [3.05, 3.63) is 133 Å². The minimum Gasteiger partial charge on any atom is -0.489 e. The number of ether oxygens (including phenoxy) is 2. The third-order valence-electron chi connectivity index (χ3n) is 15.8. The quantitative estimate of drug-likeness (QED) is 0.129. The van der Waals surface area contributed by atoms with Crippen molar-refractivity contribution in [1.29, 1.82) is 0 Å². The minimum absolute atomic E-state index is 0.0156. The molecule has 16 heteroatoms. The van der Waals surface area contributed by atoms with Gasteiger partial charge in [0, 0.05) is 94.9 Å². The normalized spacial score (nSPS) is 25.1. The Labute approximate surface area is 434 Å². The Morgan fingerprint density at radius 2 is 1.73 bits per heavy atom. The Hall–Kier alpha value is -6.24. The summed E-state index contributed by atoms with van der Waals surface area (Å²) < 4.78 is 29.3. The molecule has 4 aromatic carbocycles. The zero-order valence-corrected chi connectivity index (χ0v) is 43.0. The van der Waals surface area contributed by atoms with Gasteiger partial charge in [-0.2, -0.15) is 0 Å². The van der Waals surface area contributed by atoms with Crippen LogP contribution < -0.4 is 25.6 Å². The summed E-state index contributed by atoms with van der Waals surface area (Å²) in [6.45, 7) is 12.5. The number of hydrogen-bond acceptors (Lipinski definition) is 9. The van der Waals surface area contributed by atoms with E-state index in [1.807, 2.05) is 38.1 Å². The molecule has 7 aliphatic heterocycles. The average Bonchev–Trinajstić information content (AvgIpc) is 4.00. The molecule has 7 aliphatic rings. The molecule has 0 aromatic heterocycles. The fraction of sp³-hybridized carbons (Fsp3) is 0.421. The molecule has 4 aromatic rings. The summed E-state index contributed by atoms with van der Waals surface area (Å²) >= 11 is 13.1. The van der Waals surface area contributed by atoms with Crippen LogP contribution in [0.3, 0.4) is 0 Å². The van der Waals surface area contributed by atoms with Gasteiger partial charge in [0.1, 0.15) is 24.2 Å². The van der Waals surface area contributed by atoms with Crippen LogP contribution in [0.4, 0.5) is 15.8 Å². The third kappa shape index (κ3) is 8.56. The lowest BCUT2D eigenvalue weighted by Crippen LogP contribution is -2.52. The van der Waals surface area contributed by atoms with Gasteiger partial charge in [-0.25, -0.2) is 4.39 Å². The highest BCUT2D eigenvalue weighted by Gasteiger charge is 2.62. The van der Waals surface area contributed by atoms with Crippen LogP contribution in [0.5, 0.6) is 5.75 Å². The van der Waals surface area contributed by atoms with E-state index in [4.69, 9.17) is 32.7 Å². The monoisotopic (exact) mass is 1030 g/mol. The lowest BCUT2D eigenvalue weighted by molar-refractivity contribution is -0.137. The van der Waals surface area contributed by atoms with E-state index in [0.29, 0.717) is 71.1 Å². The number of piperidine rings is 1. The summed E-state index contributed by atoms with van der Waals surface area (Å²) in [5.41, 5.74) is 6.14. The number of amides is 5. The van der Waals surface area contributed by atoms with Crippen molar-refractivity contribution < 1.29 is 37.8 Å². The zero-order valence-electron chi connectivity index (χ0n) is 41.5. The fourth-order valence-corrected chi connectivity index (χ4v) is 12.8. The Morgan fingerprint density at radius 1 is 0.932 bits per heavy atom. The molecule has 2 fully saturated rings. The molecule has 2 saturated heterocycles. The SMILES string of the molecule is CC(C)(C)C[C@@H]1N[C@@H](C(=O)N2CCOc3c2ccc2c3CCN(CC3=C(C#Cc4cccc5c4CN(C4CCC(=O)NC4=O)C5=O)CC(C)(C)OC3)C2=O)[C@H](c2cccc(Cl)c2F)[C@]12CNc1cc(Cl)ccc12. The van der Waals surface area contributed by atoms with Crippen LogP contribution in [0.25, 0.3) is 0 Å². The first-order valence-corrected chi connectivity index (χ1v) is 25.8. The van der Waals surface area contributed by atoms with Crippen molar-refractivity contribution in [3.63, 3.8) is 0 Å². The predicted octanol–water partition coefficient (Wildman–Crippen LogP) is 8.09. The number of anilines is 2. The highest BCUT2D eigenvalue weighted by molar-refractivity contribution is 6.31. The maximum Gasteiger partial charge on any atom is 0.255 e.